The van der Waals surface area contributed by atoms with E-state index in [1.165, 1.54) is 0 Å². The van der Waals surface area contributed by atoms with Crippen molar-refractivity contribution in [3.05, 3.63) is 77.9 Å². The Bertz CT molecular complexity index is 1310. The maximum atomic E-state index is 12.5. The van der Waals surface area contributed by atoms with E-state index >= 15 is 0 Å². The van der Waals surface area contributed by atoms with Crippen LogP contribution < -0.4 is 4.74 Å². The van der Waals surface area contributed by atoms with Crippen molar-refractivity contribution in [1.29, 1.82) is 0 Å². The van der Waals surface area contributed by atoms with Gasteiger partial charge < -0.3 is 19.1 Å². The SMILES string of the molecule is O=C(Cc1cccc2ccccc12)Oc1ccc(C(=O)OCCN2CCN(CC(=O)N3CCOCC3)CC2)cc1. The highest BCUT2D eigenvalue weighted by molar-refractivity contribution is 5.90. The zero-order chi connectivity index (χ0) is 27.7. The Morgan fingerprint density at radius 3 is 2.25 bits per heavy atom. The van der Waals surface area contributed by atoms with Gasteiger partial charge in [0.1, 0.15) is 12.4 Å². The summed E-state index contributed by atoms with van der Waals surface area (Å²) in [6.07, 6.45) is 0.156. The number of hydrogen-bond acceptors (Lipinski definition) is 8. The van der Waals surface area contributed by atoms with E-state index in [2.05, 4.69) is 9.80 Å². The summed E-state index contributed by atoms with van der Waals surface area (Å²) in [5.41, 5.74) is 1.31. The van der Waals surface area contributed by atoms with Crippen LogP contribution in [-0.4, -0.2) is 105 Å². The van der Waals surface area contributed by atoms with Crippen LogP contribution in [-0.2, 0) is 25.5 Å². The number of nitrogens with zero attached hydrogens (tertiary/aromatic N) is 3. The molecule has 2 saturated heterocycles. The molecule has 1 amide bonds. The maximum absolute atomic E-state index is 12.5. The standard InChI is InChI=1S/C31H35N3O6/c35-29(34-17-19-38-20-18-34)23-33-14-12-32(13-15-33)16-21-39-31(37)25-8-10-27(11-9-25)40-30(36)22-26-6-3-5-24-4-1-2-7-28(24)26/h1-11H,12-23H2. The van der Waals surface area contributed by atoms with E-state index in [1.54, 1.807) is 24.3 Å². The molecule has 0 radical (unpaired) electrons. The number of carbonyl (C=O) groups is 3. The Labute approximate surface area is 234 Å². The Balaban J connectivity index is 1.01. The highest BCUT2D eigenvalue weighted by atomic mass is 16.5. The lowest BCUT2D eigenvalue weighted by atomic mass is 10.0. The number of amides is 1. The van der Waals surface area contributed by atoms with Gasteiger partial charge in [-0.25, -0.2) is 4.79 Å². The lowest BCUT2D eigenvalue weighted by Crippen LogP contribution is -2.52. The minimum Gasteiger partial charge on any atom is -0.461 e. The second kappa shape index (κ2) is 13.5. The molecule has 0 saturated carbocycles. The largest absolute Gasteiger partial charge is 0.461 e. The molecule has 0 N–H and O–H groups in total. The summed E-state index contributed by atoms with van der Waals surface area (Å²) in [7, 11) is 0. The lowest BCUT2D eigenvalue weighted by Gasteiger charge is -2.35. The van der Waals surface area contributed by atoms with Gasteiger partial charge in [-0.1, -0.05) is 42.5 Å². The van der Waals surface area contributed by atoms with Crippen LogP contribution in [0.15, 0.2) is 66.7 Å². The van der Waals surface area contributed by atoms with Crippen molar-refractivity contribution in [3.63, 3.8) is 0 Å². The first-order chi connectivity index (χ1) is 19.5. The molecule has 9 nitrogen and oxygen atoms in total. The predicted molar refractivity (Wildman–Crippen MR) is 150 cm³/mol. The number of rotatable bonds is 9. The Hall–Kier alpha value is -3.79. The van der Waals surface area contributed by atoms with Gasteiger partial charge in [-0.2, -0.15) is 0 Å². The second-order valence-corrected chi connectivity index (χ2v) is 10.1. The molecule has 9 heteroatoms. The molecular weight excluding hydrogens is 510 g/mol. The molecular formula is C31H35N3O6. The molecule has 2 aliphatic rings. The van der Waals surface area contributed by atoms with Gasteiger partial charge in [0.2, 0.25) is 5.91 Å². The first kappa shape index (κ1) is 27.8. The molecule has 2 aliphatic heterocycles. The highest BCUT2D eigenvalue weighted by Gasteiger charge is 2.23. The zero-order valence-corrected chi connectivity index (χ0v) is 22.6. The quantitative estimate of drug-likeness (QED) is 0.300. The third-order valence-corrected chi connectivity index (χ3v) is 7.36. The average Bonchev–Trinajstić information content (AvgIpc) is 2.99. The van der Waals surface area contributed by atoms with Crippen LogP contribution in [0.4, 0.5) is 0 Å². The number of esters is 2. The summed E-state index contributed by atoms with van der Waals surface area (Å²) < 4.78 is 16.3. The van der Waals surface area contributed by atoms with E-state index in [0.717, 1.165) is 42.5 Å². The summed E-state index contributed by atoms with van der Waals surface area (Å²) in [5, 5.41) is 2.11. The highest BCUT2D eigenvalue weighted by Crippen LogP contribution is 2.20. The maximum Gasteiger partial charge on any atom is 0.338 e. The molecule has 0 spiro atoms. The third-order valence-electron chi connectivity index (χ3n) is 7.36. The third kappa shape index (κ3) is 7.44. The summed E-state index contributed by atoms with van der Waals surface area (Å²) in [4.78, 5) is 43.8. The number of benzene rings is 3. The molecule has 0 bridgehead atoms. The number of piperazine rings is 1. The van der Waals surface area contributed by atoms with Crippen LogP contribution in [0.2, 0.25) is 0 Å². The summed E-state index contributed by atoms with van der Waals surface area (Å²) >= 11 is 0. The molecule has 5 rings (SSSR count). The number of morpholine rings is 1. The fourth-order valence-corrected chi connectivity index (χ4v) is 5.05. The van der Waals surface area contributed by atoms with Crippen LogP contribution in [0.25, 0.3) is 10.8 Å². The van der Waals surface area contributed by atoms with Gasteiger partial charge in [0.25, 0.3) is 0 Å². The number of hydrogen-bond donors (Lipinski definition) is 0. The van der Waals surface area contributed by atoms with E-state index in [9.17, 15) is 14.4 Å². The van der Waals surface area contributed by atoms with Crippen LogP contribution in [0.5, 0.6) is 5.75 Å². The van der Waals surface area contributed by atoms with Crippen LogP contribution >= 0.6 is 0 Å². The fraction of sp³-hybridized carbons (Fsp3) is 0.387. The van der Waals surface area contributed by atoms with Crippen molar-refractivity contribution < 1.29 is 28.6 Å². The van der Waals surface area contributed by atoms with Crippen molar-refractivity contribution >= 4 is 28.6 Å². The van der Waals surface area contributed by atoms with Crippen molar-refractivity contribution in [3.8, 4) is 5.75 Å². The van der Waals surface area contributed by atoms with E-state index in [1.807, 2.05) is 47.4 Å². The Morgan fingerprint density at radius 2 is 1.48 bits per heavy atom. The molecule has 40 heavy (non-hydrogen) atoms. The number of carbonyl (C=O) groups excluding carboxylic acids is 3. The van der Waals surface area contributed by atoms with E-state index < -0.39 is 5.97 Å². The van der Waals surface area contributed by atoms with Gasteiger partial charge in [0.15, 0.2) is 0 Å². The topological polar surface area (TPSA) is 88.6 Å². The molecule has 2 heterocycles. The molecule has 0 unspecified atom stereocenters. The van der Waals surface area contributed by atoms with Gasteiger partial charge in [-0.3, -0.25) is 19.4 Å². The number of fused-ring (bicyclic) bond motifs is 1. The van der Waals surface area contributed by atoms with Gasteiger partial charge in [0.05, 0.1) is 31.7 Å². The zero-order valence-electron chi connectivity index (χ0n) is 22.6. The van der Waals surface area contributed by atoms with Crippen LogP contribution in [0.1, 0.15) is 15.9 Å². The summed E-state index contributed by atoms with van der Waals surface area (Å²) in [6, 6.07) is 20.2. The number of ether oxygens (including phenoxy) is 3. The van der Waals surface area contributed by atoms with Gasteiger partial charge >= 0.3 is 11.9 Å². The first-order valence-electron chi connectivity index (χ1n) is 13.8. The first-order valence-corrected chi connectivity index (χ1v) is 13.8. The second-order valence-electron chi connectivity index (χ2n) is 10.1. The lowest BCUT2D eigenvalue weighted by molar-refractivity contribution is -0.137. The minimum atomic E-state index is -0.414. The van der Waals surface area contributed by atoms with E-state index in [4.69, 9.17) is 14.2 Å². The summed E-state index contributed by atoms with van der Waals surface area (Å²) in [6.45, 7) is 7.21. The van der Waals surface area contributed by atoms with Gasteiger partial charge in [-0.15, -0.1) is 0 Å². The molecule has 0 aromatic heterocycles. The molecule has 210 valence electrons. The Morgan fingerprint density at radius 1 is 0.775 bits per heavy atom. The van der Waals surface area contributed by atoms with Crippen LogP contribution in [0.3, 0.4) is 0 Å². The minimum absolute atomic E-state index is 0.156. The fourth-order valence-electron chi connectivity index (χ4n) is 5.05. The van der Waals surface area contributed by atoms with Crippen molar-refractivity contribution in [2.45, 2.75) is 6.42 Å². The molecule has 2 fully saturated rings. The van der Waals surface area contributed by atoms with Gasteiger partial charge in [0, 0.05) is 45.8 Å². The monoisotopic (exact) mass is 545 g/mol. The smallest absolute Gasteiger partial charge is 0.338 e. The normalized spacial score (nSPS) is 16.6. The van der Waals surface area contributed by atoms with Crippen molar-refractivity contribution in [2.24, 2.45) is 0 Å². The molecule has 0 atom stereocenters. The van der Waals surface area contributed by atoms with Crippen molar-refractivity contribution in [2.75, 3.05) is 72.2 Å². The van der Waals surface area contributed by atoms with E-state index in [0.29, 0.717) is 50.7 Å². The van der Waals surface area contributed by atoms with Crippen LogP contribution in [0, 0.1) is 0 Å². The molecule has 0 aliphatic carbocycles. The Kier molecular flexibility index (Phi) is 9.38. The molecule has 3 aromatic rings. The molecule has 3 aromatic carbocycles. The average molecular weight is 546 g/mol. The van der Waals surface area contributed by atoms with Gasteiger partial charge in [-0.05, 0) is 40.6 Å². The predicted octanol–water partition coefficient (Wildman–Crippen LogP) is 2.62. The van der Waals surface area contributed by atoms with E-state index in [-0.39, 0.29) is 24.9 Å². The van der Waals surface area contributed by atoms with Crippen molar-refractivity contribution in [1.82, 2.24) is 14.7 Å². The summed E-state index contributed by atoms with van der Waals surface area (Å²) in [5.74, 6) is -0.233.